The summed E-state index contributed by atoms with van der Waals surface area (Å²) in [6.45, 7) is 1.01. The van der Waals surface area contributed by atoms with Gasteiger partial charge in [-0.1, -0.05) is 16.9 Å². The first-order valence-corrected chi connectivity index (χ1v) is 13.7. The highest BCUT2D eigenvalue weighted by Crippen LogP contribution is 2.41. The summed E-state index contributed by atoms with van der Waals surface area (Å²) in [4.78, 5) is 48.4. The van der Waals surface area contributed by atoms with E-state index in [0.717, 1.165) is 11.3 Å². The van der Waals surface area contributed by atoms with Crippen LogP contribution in [0.2, 0.25) is 0 Å². The van der Waals surface area contributed by atoms with E-state index in [1.54, 1.807) is 0 Å². The van der Waals surface area contributed by atoms with Gasteiger partial charge in [-0.3, -0.25) is 14.5 Å². The third-order valence-electron chi connectivity index (χ3n) is 5.10. The number of tetrazole rings is 1. The van der Waals surface area contributed by atoms with E-state index in [-0.39, 0.29) is 41.1 Å². The summed E-state index contributed by atoms with van der Waals surface area (Å²) < 4.78 is 1.52. The second-order valence-electron chi connectivity index (χ2n) is 7.51. The van der Waals surface area contributed by atoms with E-state index in [9.17, 15) is 19.5 Å². The summed E-state index contributed by atoms with van der Waals surface area (Å²) in [5.41, 5.74) is 17.1. The van der Waals surface area contributed by atoms with Crippen LogP contribution in [0.4, 0.5) is 5.13 Å². The van der Waals surface area contributed by atoms with Crippen molar-refractivity contribution in [2.24, 2.45) is 16.6 Å². The summed E-state index contributed by atoms with van der Waals surface area (Å²) in [5, 5.41) is 29.3. The summed E-state index contributed by atoms with van der Waals surface area (Å²) in [5.74, 6) is -1.92. The number of nitrogen functional groups attached to an aromatic ring is 1. The highest BCUT2D eigenvalue weighted by atomic mass is 32.2. The van der Waals surface area contributed by atoms with Crippen molar-refractivity contribution < 1.29 is 24.3 Å². The molecule has 2 amide bonds. The zero-order chi connectivity index (χ0) is 26.5. The number of oxime groups is 1. The van der Waals surface area contributed by atoms with Crippen LogP contribution in [0, 0.1) is 0 Å². The minimum Gasteiger partial charge on any atom is -0.477 e. The van der Waals surface area contributed by atoms with Gasteiger partial charge in [0.25, 0.3) is 11.8 Å². The van der Waals surface area contributed by atoms with Gasteiger partial charge in [0.2, 0.25) is 5.16 Å². The fourth-order valence-corrected chi connectivity index (χ4v) is 6.42. The summed E-state index contributed by atoms with van der Waals surface area (Å²) >= 11 is 3.70. The number of carbonyl (C=O) groups excluding carboxylic acids is 2. The first-order valence-electron chi connectivity index (χ1n) is 10.8. The number of hydrogen-bond acceptors (Lipinski definition) is 15. The SMILES string of the molecule is NCCON=C(C(=O)NC1C(=O)N2C(C(=O)O)=C(CSc3nnnn3CCN)CS[C@@H]12)c1csc(N)n1. The van der Waals surface area contributed by atoms with Crippen molar-refractivity contribution in [2.75, 3.05) is 36.9 Å². The van der Waals surface area contributed by atoms with Crippen LogP contribution in [-0.4, -0.2) is 101 Å². The fraction of sp³-hybridized carbons (Fsp3) is 0.444. The Bertz CT molecular complexity index is 1250. The number of fused-ring (bicyclic) bond motifs is 1. The summed E-state index contributed by atoms with van der Waals surface area (Å²) in [6, 6.07) is -0.964. The number of thiazole rings is 1. The van der Waals surface area contributed by atoms with Crippen LogP contribution in [0.25, 0.3) is 0 Å². The van der Waals surface area contributed by atoms with Gasteiger partial charge in [-0.2, -0.15) is 0 Å². The highest BCUT2D eigenvalue weighted by Gasteiger charge is 2.54. The number of carbonyl (C=O) groups is 3. The second kappa shape index (κ2) is 11.9. The zero-order valence-corrected chi connectivity index (χ0v) is 21.6. The van der Waals surface area contributed by atoms with E-state index in [4.69, 9.17) is 22.0 Å². The number of anilines is 1. The molecule has 2 atom stereocenters. The Labute approximate surface area is 222 Å². The number of rotatable bonds is 12. The van der Waals surface area contributed by atoms with Gasteiger partial charge in [-0.25, -0.2) is 14.5 Å². The molecule has 37 heavy (non-hydrogen) atoms. The van der Waals surface area contributed by atoms with Crippen LogP contribution in [0.15, 0.2) is 27.0 Å². The Morgan fingerprint density at radius 2 is 2.16 bits per heavy atom. The molecule has 19 heteroatoms. The van der Waals surface area contributed by atoms with Crippen molar-refractivity contribution >= 4 is 63.5 Å². The Morgan fingerprint density at radius 3 is 2.84 bits per heavy atom. The Hall–Kier alpha value is -3.26. The number of carboxylic acids is 1. The van der Waals surface area contributed by atoms with E-state index in [2.05, 4.69) is 31.0 Å². The number of amides is 2. The lowest BCUT2D eigenvalue weighted by Crippen LogP contribution is -2.71. The molecule has 0 bridgehead atoms. The zero-order valence-electron chi connectivity index (χ0n) is 19.1. The van der Waals surface area contributed by atoms with Gasteiger partial charge in [0.05, 0.1) is 6.54 Å². The van der Waals surface area contributed by atoms with Crippen molar-refractivity contribution in [3.05, 3.63) is 22.3 Å². The quantitative estimate of drug-likeness (QED) is 0.0603. The number of nitrogens with zero attached hydrogens (tertiary/aromatic N) is 7. The number of thioether (sulfide) groups is 2. The van der Waals surface area contributed by atoms with Gasteiger partial charge in [0.1, 0.15) is 29.4 Å². The van der Waals surface area contributed by atoms with E-state index in [1.807, 2.05) is 0 Å². The predicted octanol–water partition coefficient (Wildman–Crippen LogP) is -2.12. The van der Waals surface area contributed by atoms with Crippen molar-refractivity contribution in [1.82, 2.24) is 35.4 Å². The third-order valence-corrected chi connectivity index (χ3v) is 8.15. The van der Waals surface area contributed by atoms with Crippen molar-refractivity contribution in [3.63, 3.8) is 0 Å². The van der Waals surface area contributed by atoms with Crippen LogP contribution < -0.4 is 22.5 Å². The molecule has 198 valence electrons. The molecule has 0 aliphatic carbocycles. The number of aromatic nitrogens is 5. The molecule has 0 spiro atoms. The molecular formula is C18H23N11O5S3. The van der Waals surface area contributed by atoms with E-state index < -0.39 is 29.2 Å². The van der Waals surface area contributed by atoms with E-state index in [0.29, 0.717) is 29.6 Å². The number of aliphatic carboxylic acids is 1. The monoisotopic (exact) mass is 569 g/mol. The van der Waals surface area contributed by atoms with Crippen LogP contribution >= 0.6 is 34.9 Å². The smallest absolute Gasteiger partial charge is 0.352 e. The molecule has 1 fully saturated rings. The number of nitrogens with one attached hydrogen (secondary N) is 1. The van der Waals surface area contributed by atoms with Gasteiger partial charge in [-0.05, 0) is 16.0 Å². The summed E-state index contributed by atoms with van der Waals surface area (Å²) in [7, 11) is 0. The second-order valence-corrected chi connectivity index (χ2v) is 10.5. The molecule has 0 radical (unpaired) electrons. The molecule has 1 saturated heterocycles. The number of β-lactam (4-membered cyclic amide) rings is 1. The maximum atomic E-state index is 13.0. The van der Waals surface area contributed by atoms with Crippen molar-refractivity contribution in [3.8, 4) is 0 Å². The van der Waals surface area contributed by atoms with Gasteiger partial charge in [-0.15, -0.1) is 28.2 Å². The lowest BCUT2D eigenvalue weighted by Gasteiger charge is -2.49. The lowest BCUT2D eigenvalue weighted by atomic mass is 10.0. The van der Waals surface area contributed by atoms with Gasteiger partial charge in [0, 0.05) is 30.0 Å². The van der Waals surface area contributed by atoms with Crippen LogP contribution in [0.5, 0.6) is 0 Å². The Kier molecular flexibility index (Phi) is 8.59. The Morgan fingerprint density at radius 1 is 1.35 bits per heavy atom. The number of hydrogen-bond donors (Lipinski definition) is 5. The topological polar surface area (TPSA) is 243 Å². The minimum absolute atomic E-state index is 0.0666. The molecule has 2 aliphatic rings. The molecule has 0 saturated carbocycles. The molecule has 2 aromatic heterocycles. The van der Waals surface area contributed by atoms with Crippen molar-refractivity contribution in [1.29, 1.82) is 0 Å². The largest absolute Gasteiger partial charge is 0.477 e. The third kappa shape index (κ3) is 5.69. The molecule has 16 nitrogen and oxygen atoms in total. The summed E-state index contributed by atoms with van der Waals surface area (Å²) in [6.07, 6.45) is 0. The molecule has 4 rings (SSSR count). The highest BCUT2D eigenvalue weighted by molar-refractivity contribution is 8.01. The molecule has 0 aromatic carbocycles. The predicted molar refractivity (Wildman–Crippen MR) is 135 cm³/mol. The molecule has 2 aliphatic heterocycles. The number of carboxylic acid groups (broad SMARTS) is 1. The van der Waals surface area contributed by atoms with Gasteiger partial charge < -0.3 is 32.5 Å². The van der Waals surface area contributed by atoms with E-state index >= 15 is 0 Å². The molecule has 2 aromatic rings. The first-order chi connectivity index (χ1) is 17.8. The van der Waals surface area contributed by atoms with E-state index in [1.165, 1.54) is 38.5 Å². The Balaban J connectivity index is 1.48. The standard InChI is InChI=1S/C18H23N11O5S3/c19-1-3-28-18(24-26-27-28)37-6-8-5-35-15-11(14(31)29(15)12(8)16(32)33)23-13(30)10(25-34-4-2-20)9-7-36-17(21)22-9/h7,11,15H,1-6,19-20H2,(H2,21,22)(H,23,30)(H,32,33)/t11?,15-/m0/s1. The molecule has 8 N–H and O–H groups in total. The number of nitrogens with two attached hydrogens (primary N) is 3. The molecule has 1 unspecified atom stereocenters. The van der Waals surface area contributed by atoms with Crippen LogP contribution in [0.1, 0.15) is 5.69 Å². The fourth-order valence-electron chi connectivity index (χ4n) is 3.48. The normalized spacial score (nSPS) is 19.5. The molecular weight excluding hydrogens is 546 g/mol. The van der Waals surface area contributed by atoms with Gasteiger partial charge in [0.15, 0.2) is 10.8 Å². The van der Waals surface area contributed by atoms with Gasteiger partial charge >= 0.3 is 5.97 Å². The maximum absolute atomic E-state index is 13.0. The maximum Gasteiger partial charge on any atom is 0.352 e. The van der Waals surface area contributed by atoms with Crippen molar-refractivity contribution in [2.45, 2.75) is 23.1 Å². The van der Waals surface area contributed by atoms with Crippen LogP contribution in [0.3, 0.4) is 0 Å². The minimum atomic E-state index is -1.24. The first kappa shape index (κ1) is 26.8. The lowest BCUT2D eigenvalue weighted by molar-refractivity contribution is -0.150. The average Bonchev–Trinajstić information content (AvgIpc) is 3.51. The molecule has 4 heterocycles. The average molecular weight is 570 g/mol. The van der Waals surface area contributed by atoms with Crippen LogP contribution in [-0.2, 0) is 25.8 Å².